The Hall–Kier alpha value is -1.56. The van der Waals surface area contributed by atoms with Crippen molar-refractivity contribution in [1.82, 2.24) is 15.2 Å². The lowest BCUT2D eigenvalue weighted by molar-refractivity contribution is 0.134. The van der Waals surface area contributed by atoms with Gasteiger partial charge in [0.15, 0.2) is 0 Å². The second-order valence-corrected chi connectivity index (χ2v) is 5.19. The van der Waals surface area contributed by atoms with Gasteiger partial charge in [0.1, 0.15) is 5.82 Å². The molecule has 108 valence electrons. The highest BCUT2D eigenvalue weighted by Crippen LogP contribution is 2.18. The number of halogens is 1. The predicted octanol–water partition coefficient (Wildman–Crippen LogP) is 1.39. The fraction of sp³-hybridized carbons (Fsp3) is 0.400. The normalized spacial score (nSPS) is 13.1. The monoisotopic (exact) mass is 277 g/mol. The fourth-order valence-electron chi connectivity index (χ4n) is 2.22. The first-order valence-corrected chi connectivity index (χ1v) is 6.63. The Morgan fingerprint density at radius 2 is 2.20 bits per heavy atom. The van der Waals surface area contributed by atoms with Gasteiger partial charge in [-0.1, -0.05) is 6.07 Å². The van der Waals surface area contributed by atoms with Gasteiger partial charge in [-0.3, -0.25) is 4.98 Å². The van der Waals surface area contributed by atoms with Crippen molar-refractivity contribution in [2.24, 2.45) is 0 Å². The van der Waals surface area contributed by atoms with Crippen LogP contribution in [-0.2, 0) is 6.54 Å². The third-order valence-electron chi connectivity index (χ3n) is 3.02. The Bertz CT molecular complexity index is 574. The van der Waals surface area contributed by atoms with Crippen LogP contribution in [0.4, 0.5) is 4.39 Å². The highest BCUT2D eigenvalue weighted by Gasteiger charge is 2.08. The van der Waals surface area contributed by atoms with Gasteiger partial charge in [-0.15, -0.1) is 0 Å². The van der Waals surface area contributed by atoms with Gasteiger partial charge in [0, 0.05) is 31.2 Å². The average Bonchev–Trinajstić information content (AvgIpc) is 2.37. The quantitative estimate of drug-likeness (QED) is 0.837. The van der Waals surface area contributed by atoms with Crippen LogP contribution < -0.4 is 5.32 Å². The van der Waals surface area contributed by atoms with E-state index in [0.29, 0.717) is 19.6 Å². The third-order valence-corrected chi connectivity index (χ3v) is 3.02. The van der Waals surface area contributed by atoms with Crippen molar-refractivity contribution in [3.8, 4) is 0 Å². The first-order chi connectivity index (χ1) is 9.56. The summed E-state index contributed by atoms with van der Waals surface area (Å²) in [6, 6.07) is 6.60. The molecule has 0 amide bonds. The molecule has 4 nitrogen and oxygen atoms in total. The van der Waals surface area contributed by atoms with Crippen LogP contribution in [0, 0.1) is 5.82 Å². The minimum Gasteiger partial charge on any atom is -0.390 e. The van der Waals surface area contributed by atoms with Gasteiger partial charge in [0.05, 0.1) is 11.6 Å². The van der Waals surface area contributed by atoms with E-state index >= 15 is 0 Å². The van der Waals surface area contributed by atoms with Crippen molar-refractivity contribution in [2.45, 2.75) is 12.6 Å². The van der Waals surface area contributed by atoms with E-state index in [1.54, 1.807) is 12.3 Å². The molecule has 2 N–H and O–H groups in total. The summed E-state index contributed by atoms with van der Waals surface area (Å²) in [5.41, 5.74) is 1.60. The summed E-state index contributed by atoms with van der Waals surface area (Å²) in [4.78, 5) is 6.21. The number of aliphatic hydroxyl groups excluding tert-OH is 1. The molecule has 0 aliphatic carbocycles. The van der Waals surface area contributed by atoms with Crippen LogP contribution in [0.1, 0.15) is 5.56 Å². The number of nitrogens with zero attached hydrogens (tertiary/aromatic N) is 2. The minimum atomic E-state index is -0.446. The van der Waals surface area contributed by atoms with E-state index in [9.17, 15) is 9.50 Å². The molecule has 5 heteroatoms. The highest BCUT2D eigenvalue weighted by atomic mass is 19.1. The maximum atomic E-state index is 13.5. The number of hydrogen-bond donors (Lipinski definition) is 2. The van der Waals surface area contributed by atoms with Gasteiger partial charge < -0.3 is 15.3 Å². The van der Waals surface area contributed by atoms with Crippen LogP contribution in [0.15, 0.2) is 30.5 Å². The molecule has 1 aromatic carbocycles. The summed E-state index contributed by atoms with van der Waals surface area (Å²) in [6.07, 6.45) is 1.25. The molecule has 20 heavy (non-hydrogen) atoms. The van der Waals surface area contributed by atoms with Gasteiger partial charge >= 0.3 is 0 Å². The number of rotatable bonds is 6. The smallest absolute Gasteiger partial charge is 0.124 e. The number of likely N-dealkylation sites (N-methyl/N-ethyl adjacent to an activating group) is 1. The van der Waals surface area contributed by atoms with E-state index in [2.05, 4.69) is 10.3 Å². The van der Waals surface area contributed by atoms with E-state index in [1.165, 1.54) is 12.1 Å². The second kappa shape index (κ2) is 6.74. The maximum absolute atomic E-state index is 13.5. The Morgan fingerprint density at radius 1 is 1.40 bits per heavy atom. The summed E-state index contributed by atoms with van der Waals surface area (Å²) in [5, 5.41) is 13.7. The minimum absolute atomic E-state index is 0.267. The van der Waals surface area contributed by atoms with E-state index in [0.717, 1.165) is 16.5 Å². The van der Waals surface area contributed by atoms with Crippen LogP contribution >= 0.6 is 0 Å². The molecule has 0 radical (unpaired) electrons. The number of nitrogens with one attached hydrogen (secondary N) is 1. The molecular weight excluding hydrogens is 257 g/mol. The first-order valence-electron chi connectivity index (χ1n) is 6.63. The van der Waals surface area contributed by atoms with Crippen LogP contribution in [-0.4, -0.2) is 48.3 Å². The lowest BCUT2D eigenvalue weighted by Crippen LogP contribution is -2.34. The molecule has 0 saturated heterocycles. The summed E-state index contributed by atoms with van der Waals surface area (Å²) >= 11 is 0. The summed E-state index contributed by atoms with van der Waals surface area (Å²) in [7, 11) is 3.82. The highest BCUT2D eigenvalue weighted by molar-refractivity contribution is 5.81. The predicted molar refractivity (Wildman–Crippen MR) is 78.0 cm³/mol. The van der Waals surface area contributed by atoms with E-state index in [4.69, 9.17) is 0 Å². The first kappa shape index (κ1) is 14.8. The average molecular weight is 277 g/mol. The molecule has 0 spiro atoms. The third kappa shape index (κ3) is 3.96. The molecular formula is C15H20FN3O. The van der Waals surface area contributed by atoms with Gasteiger partial charge in [-0.2, -0.15) is 0 Å². The maximum Gasteiger partial charge on any atom is 0.124 e. The molecule has 1 atom stereocenters. The van der Waals surface area contributed by atoms with Crippen molar-refractivity contribution in [3.05, 3.63) is 41.8 Å². The summed E-state index contributed by atoms with van der Waals surface area (Å²) < 4.78 is 13.5. The Labute approximate surface area is 118 Å². The van der Waals surface area contributed by atoms with Crippen molar-refractivity contribution in [2.75, 3.05) is 27.2 Å². The standard InChI is InChI=1S/C15H20FN3O/c1-19(2)10-14(20)9-17-8-12-7-13(16)6-11-4-3-5-18-15(11)12/h3-7,14,17,20H,8-10H2,1-2H3. The van der Waals surface area contributed by atoms with E-state index < -0.39 is 6.10 Å². The molecule has 1 heterocycles. The molecule has 1 unspecified atom stereocenters. The second-order valence-electron chi connectivity index (χ2n) is 5.19. The van der Waals surface area contributed by atoms with Gasteiger partial charge in [0.25, 0.3) is 0 Å². The van der Waals surface area contributed by atoms with Crippen molar-refractivity contribution >= 4 is 10.9 Å². The van der Waals surface area contributed by atoms with Crippen LogP contribution in [0.2, 0.25) is 0 Å². The SMILES string of the molecule is CN(C)CC(O)CNCc1cc(F)cc2cccnc12. The van der Waals surface area contributed by atoms with Crippen LogP contribution in [0.3, 0.4) is 0 Å². The summed E-state index contributed by atoms with van der Waals surface area (Å²) in [6.45, 7) is 1.54. The fourth-order valence-corrected chi connectivity index (χ4v) is 2.22. The van der Waals surface area contributed by atoms with Crippen molar-refractivity contribution < 1.29 is 9.50 Å². The van der Waals surface area contributed by atoms with Gasteiger partial charge in [-0.25, -0.2) is 4.39 Å². The van der Waals surface area contributed by atoms with E-state index in [1.807, 2.05) is 25.1 Å². The zero-order valence-corrected chi connectivity index (χ0v) is 11.8. The topological polar surface area (TPSA) is 48.4 Å². The van der Waals surface area contributed by atoms with Gasteiger partial charge in [0.2, 0.25) is 0 Å². The zero-order valence-electron chi connectivity index (χ0n) is 11.8. The number of hydrogen-bond acceptors (Lipinski definition) is 4. The van der Waals surface area contributed by atoms with Crippen LogP contribution in [0.25, 0.3) is 10.9 Å². The molecule has 1 aromatic heterocycles. The van der Waals surface area contributed by atoms with Crippen molar-refractivity contribution in [1.29, 1.82) is 0 Å². The molecule has 0 aliphatic rings. The molecule has 0 saturated carbocycles. The van der Waals surface area contributed by atoms with Crippen molar-refractivity contribution in [3.63, 3.8) is 0 Å². The summed E-state index contributed by atoms with van der Waals surface area (Å²) in [5.74, 6) is -0.267. The largest absolute Gasteiger partial charge is 0.390 e. The Morgan fingerprint density at radius 3 is 2.95 bits per heavy atom. The van der Waals surface area contributed by atoms with Gasteiger partial charge in [-0.05, 0) is 37.9 Å². The molecule has 0 fully saturated rings. The number of benzene rings is 1. The Balaban J connectivity index is 2.03. The molecule has 0 bridgehead atoms. The number of aliphatic hydroxyl groups is 1. The number of aromatic nitrogens is 1. The lowest BCUT2D eigenvalue weighted by Gasteiger charge is -2.16. The molecule has 2 rings (SSSR count). The zero-order chi connectivity index (χ0) is 14.5. The molecule has 2 aromatic rings. The van der Waals surface area contributed by atoms with E-state index in [-0.39, 0.29) is 5.82 Å². The number of pyridine rings is 1. The Kier molecular flexibility index (Phi) is 5.00. The molecule has 0 aliphatic heterocycles. The number of fused-ring (bicyclic) bond motifs is 1. The van der Waals surface area contributed by atoms with Crippen LogP contribution in [0.5, 0.6) is 0 Å². The lowest BCUT2D eigenvalue weighted by atomic mass is 10.1.